The minimum absolute atomic E-state index is 0.120. The zero-order valence-electron chi connectivity index (χ0n) is 11.6. The Morgan fingerprint density at radius 1 is 1.00 bits per heavy atom. The first-order valence-electron chi connectivity index (χ1n) is 7.05. The van der Waals surface area contributed by atoms with Crippen LogP contribution in [-0.4, -0.2) is 17.4 Å². The average Bonchev–Trinajstić information content (AvgIpc) is 2.52. The Morgan fingerprint density at radius 3 is 2.55 bits per heavy atom. The molecule has 1 amide bonds. The molecule has 0 fully saturated rings. The number of aryl methyl sites for hydroxylation is 2. The summed E-state index contributed by atoms with van der Waals surface area (Å²) in [6, 6.07) is 16.0. The van der Waals surface area contributed by atoms with Gasteiger partial charge in [-0.25, -0.2) is 0 Å². The van der Waals surface area contributed by atoms with E-state index < -0.39 is 0 Å². The van der Waals surface area contributed by atoms with E-state index in [0.29, 0.717) is 13.0 Å². The van der Waals surface area contributed by atoms with Gasteiger partial charge in [-0.05, 0) is 37.0 Å². The number of carbonyl (C=O) groups is 1. The summed E-state index contributed by atoms with van der Waals surface area (Å²) in [7, 11) is 0. The van der Waals surface area contributed by atoms with Crippen molar-refractivity contribution in [2.24, 2.45) is 0 Å². The van der Waals surface area contributed by atoms with Crippen LogP contribution in [0.5, 0.6) is 0 Å². The zero-order chi connectivity index (χ0) is 14.0. The van der Waals surface area contributed by atoms with Gasteiger partial charge in [0, 0.05) is 24.9 Å². The molecular weight excluding hydrogens is 248 g/mol. The van der Waals surface area contributed by atoms with E-state index in [1.54, 1.807) is 6.20 Å². The lowest BCUT2D eigenvalue weighted by Crippen LogP contribution is -2.25. The van der Waals surface area contributed by atoms with Crippen molar-refractivity contribution in [3.63, 3.8) is 0 Å². The molecule has 1 aromatic carbocycles. The van der Waals surface area contributed by atoms with Crippen LogP contribution in [0.2, 0.25) is 0 Å². The first-order chi connectivity index (χ1) is 9.84. The number of rotatable bonds is 7. The number of nitrogens with one attached hydrogen (secondary N) is 1. The molecule has 0 bridgehead atoms. The molecule has 1 heterocycles. The normalized spacial score (nSPS) is 10.2. The van der Waals surface area contributed by atoms with Crippen molar-refractivity contribution in [3.8, 4) is 0 Å². The summed E-state index contributed by atoms with van der Waals surface area (Å²) in [5, 5.41) is 2.96. The van der Waals surface area contributed by atoms with E-state index in [2.05, 4.69) is 10.3 Å². The number of aromatic nitrogens is 1. The Bertz CT molecular complexity index is 511. The van der Waals surface area contributed by atoms with E-state index >= 15 is 0 Å². The van der Waals surface area contributed by atoms with Gasteiger partial charge in [0.2, 0.25) is 5.91 Å². The molecule has 2 aromatic rings. The number of pyridine rings is 1. The number of hydrogen-bond donors (Lipinski definition) is 1. The van der Waals surface area contributed by atoms with Gasteiger partial charge < -0.3 is 5.32 Å². The third kappa shape index (κ3) is 5.22. The van der Waals surface area contributed by atoms with Gasteiger partial charge >= 0.3 is 0 Å². The summed E-state index contributed by atoms with van der Waals surface area (Å²) in [4.78, 5) is 16.0. The van der Waals surface area contributed by atoms with Crippen LogP contribution in [0.25, 0.3) is 0 Å². The van der Waals surface area contributed by atoms with Crippen molar-refractivity contribution in [3.05, 3.63) is 66.0 Å². The zero-order valence-corrected chi connectivity index (χ0v) is 11.6. The molecule has 1 N–H and O–H groups in total. The van der Waals surface area contributed by atoms with Crippen LogP contribution in [0.4, 0.5) is 0 Å². The topological polar surface area (TPSA) is 42.0 Å². The minimum atomic E-state index is 0.120. The van der Waals surface area contributed by atoms with E-state index in [9.17, 15) is 4.79 Å². The lowest BCUT2D eigenvalue weighted by atomic mass is 10.1. The predicted octanol–water partition coefficient (Wildman–Crippen LogP) is 2.76. The second-order valence-electron chi connectivity index (χ2n) is 4.76. The fourth-order valence-corrected chi connectivity index (χ4v) is 2.03. The molecule has 0 saturated carbocycles. The Balaban J connectivity index is 1.59. The van der Waals surface area contributed by atoms with Crippen LogP contribution >= 0.6 is 0 Å². The van der Waals surface area contributed by atoms with Crippen molar-refractivity contribution in [2.75, 3.05) is 6.54 Å². The lowest BCUT2D eigenvalue weighted by Gasteiger charge is -2.05. The fraction of sp³-hybridized carbons (Fsp3) is 0.294. The molecule has 0 aliphatic rings. The van der Waals surface area contributed by atoms with Crippen molar-refractivity contribution in [1.29, 1.82) is 0 Å². The molecule has 0 saturated heterocycles. The number of amides is 1. The van der Waals surface area contributed by atoms with E-state index in [1.165, 1.54) is 5.56 Å². The molecule has 0 aliphatic heterocycles. The summed E-state index contributed by atoms with van der Waals surface area (Å²) in [5.74, 6) is 0.120. The van der Waals surface area contributed by atoms with E-state index in [-0.39, 0.29) is 5.91 Å². The van der Waals surface area contributed by atoms with E-state index in [4.69, 9.17) is 0 Å². The van der Waals surface area contributed by atoms with Crippen molar-refractivity contribution >= 4 is 5.91 Å². The third-order valence-electron chi connectivity index (χ3n) is 3.14. The Hall–Kier alpha value is -2.16. The maximum atomic E-state index is 11.7. The smallest absolute Gasteiger partial charge is 0.220 e. The van der Waals surface area contributed by atoms with Gasteiger partial charge in [-0.15, -0.1) is 0 Å². The molecular formula is C17H20N2O. The molecule has 0 spiro atoms. The summed E-state index contributed by atoms with van der Waals surface area (Å²) < 4.78 is 0. The van der Waals surface area contributed by atoms with E-state index in [1.807, 2.05) is 48.5 Å². The van der Waals surface area contributed by atoms with Crippen molar-refractivity contribution in [2.45, 2.75) is 25.7 Å². The lowest BCUT2D eigenvalue weighted by molar-refractivity contribution is -0.121. The van der Waals surface area contributed by atoms with Gasteiger partial charge in [0.15, 0.2) is 0 Å². The quantitative estimate of drug-likeness (QED) is 0.785. The SMILES string of the molecule is O=C(CCc1ccccc1)NCCCc1ccccn1. The van der Waals surface area contributed by atoms with Crippen LogP contribution in [0.1, 0.15) is 24.1 Å². The van der Waals surface area contributed by atoms with Crippen LogP contribution in [0.3, 0.4) is 0 Å². The highest BCUT2D eigenvalue weighted by Gasteiger charge is 2.01. The fourth-order valence-electron chi connectivity index (χ4n) is 2.03. The predicted molar refractivity (Wildman–Crippen MR) is 80.3 cm³/mol. The first-order valence-corrected chi connectivity index (χ1v) is 7.05. The maximum absolute atomic E-state index is 11.7. The molecule has 0 atom stereocenters. The number of hydrogen-bond acceptors (Lipinski definition) is 2. The monoisotopic (exact) mass is 268 g/mol. The Kier molecular flexibility index (Phi) is 5.77. The molecule has 3 nitrogen and oxygen atoms in total. The van der Waals surface area contributed by atoms with E-state index in [0.717, 1.165) is 25.0 Å². The molecule has 0 unspecified atom stereocenters. The van der Waals surface area contributed by atoms with Gasteiger partial charge in [-0.2, -0.15) is 0 Å². The molecule has 1 aromatic heterocycles. The van der Waals surface area contributed by atoms with Gasteiger partial charge in [0.25, 0.3) is 0 Å². The molecule has 0 aliphatic carbocycles. The van der Waals surface area contributed by atoms with Crippen LogP contribution in [-0.2, 0) is 17.6 Å². The van der Waals surface area contributed by atoms with Crippen molar-refractivity contribution in [1.82, 2.24) is 10.3 Å². The molecule has 104 valence electrons. The van der Waals surface area contributed by atoms with Crippen LogP contribution < -0.4 is 5.32 Å². The second kappa shape index (κ2) is 8.10. The summed E-state index contributed by atoms with van der Waals surface area (Å²) in [6.45, 7) is 0.712. The number of nitrogens with zero attached hydrogens (tertiary/aromatic N) is 1. The van der Waals surface area contributed by atoms with Gasteiger partial charge in [0.05, 0.1) is 0 Å². The van der Waals surface area contributed by atoms with Gasteiger partial charge in [-0.1, -0.05) is 36.4 Å². The third-order valence-corrected chi connectivity index (χ3v) is 3.14. The van der Waals surface area contributed by atoms with Crippen molar-refractivity contribution < 1.29 is 4.79 Å². The maximum Gasteiger partial charge on any atom is 0.220 e. The average molecular weight is 268 g/mol. The van der Waals surface area contributed by atoms with Crippen LogP contribution in [0.15, 0.2) is 54.7 Å². The summed E-state index contributed by atoms with van der Waals surface area (Å²) in [5.41, 5.74) is 2.28. The van der Waals surface area contributed by atoms with Gasteiger partial charge in [-0.3, -0.25) is 9.78 Å². The highest BCUT2D eigenvalue weighted by atomic mass is 16.1. The number of benzene rings is 1. The highest BCUT2D eigenvalue weighted by molar-refractivity contribution is 5.76. The standard InChI is InChI=1S/C17H20N2O/c20-17(12-11-15-7-2-1-3-8-15)19-14-6-10-16-9-4-5-13-18-16/h1-5,7-9,13H,6,10-12,14H2,(H,19,20). The second-order valence-corrected chi connectivity index (χ2v) is 4.76. The van der Waals surface area contributed by atoms with Gasteiger partial charge in [0.1, 0.15) is 0 Å². The molecule has 2 rings (SSSR count). The summed E-state index contributed by atoms with van der Waals surface area (Å²) in [6.07, 6.45) is 4.97. The highest BCUT2D eigenvalue weighted by Crippen LogP contribution is 2.02. The largest absolute Gasteiger partial charge is 0.356 e. The summed E-state index contributed by atoms with van der Waals surface area (Å²) >= 11 is 0. The minimum Gasteiger partial charge on any atom is -0.356 e. The molecule has 20 heavy (non-hydrogen) atoms. The Morgan fingerprint density at radius 2 is 1.80 bits per heavy atom. The molecule has 3 heteroatoms. The Labute approximate surface area is 120 Å². The first kappa shape index (κ1) is 14.3. The number of carbonyl (C=O) groups excluding carboxylic acids is 1. The van der Waals surface area contributed by atoms with Crippen LogP contribution in [0, 0.1) is 0 Å². The molecule has 0 radical (unpaired) electrons.